The third-order valence-electron chi connectivity index (χ3n) is 7.11. The van der Waals surface area contributed by atoms with Crippen molar-refractivity contribution in [2.45, 2.75) is 82.2 Å². The topological polar surface area (TPSA) is 38.7 Å². The molecule has 176 valence electrons. The van der Waals surface area contributed by atoms with Crippen LogP contribution < -0.4 is 0 Å². The Hall–Kier alpha value is 0.610. The molecule has 1 aliphatic heterocycles. The van der Waals surface area contributed by atoms with E-state index in [4.69, 9.17) is 25.2 Å². The molecule has 1 saturated heterocycles. The Morgan fingerprint density at radius 2 is 1.32 bits per heavy atom. The third-order valence-corrected chi connectivity index (χ3v) is 10.0. The van der Waals surface area contributed by atoms with E-state index in [1.54, 1.807) is 0 Å². The summed E-state index contributed by atoms with van der Waals surface area (Å²) in [6, 6.07) is 0. The zero-order valence-electron chi connectivity index (χ0n) is 21.1. The first-order chi connectivity index (χ1) is 14.0. The molecule has 3 aliphatic rings. The van der Waals surface area contributed by atoms with Gasteiger partial charge in [0, 0.05) is 0 Å². The van der Waals surface area contributed by atoms with E-state index >= 15 is 0 Å². The molecule has 0 aromatic carbocycles. The molecule has 2 saturated carbocycles. The van der Waals surface area contributed by atoms with E-state index in [1.165, 1.54) is 18.7 Å². The van der Waals surface area contributed by atoms with Crippen LogP contribution in [0.1, 0.15) is 46.5 Å². The molecule has 0 bridgehead atoms. The lowest BCUT2D eigenvalue weighted by atomic mass is 9.79. The van der Waals surface area contributed by atoms with Crippen molar-refractivity contribution in [3.8, 4) is 0 Å². The second-order valence-corrected chi connectivity index (χ2v) is 20.8. The zero-order valence-corrected chi connectivity index (χ0v) is 22.9. The van der Waals surface area contributed by atoms with Crippen molar-refractivity contribution in [1.82, 2.24) is 0 Å². The average molecular weight is 466 g/mol. The van der Waals surface area contributed by atoms with Gasteiger partial charge in [-0.3, -0.25) is 0 Å². The van der Waals surface area contributed by atoms with E-state index in [-0.39, 0.29) is 35.9 Å². The maximum atomic E-state index is 9.94. The first-order valence-corrected chi connectivity index (χ1v) is 18.0. The second-order valence-electron chi connectivity index (χ2n) is 12.1. The Morgan fingerprint density at radius 3 is 1.77 bits per heavy atom. The van der Waals surface area contributed by atoms with E-state index in [2.05, 4.69) is 46.2 Å². The highest BCUT2D eigenvalue weighted by molar-refractivity contribution is 7.72. The maximum absolute atomic E-state index is 9.94. The SMILES string of the molecule is [B][C@@H]1C[C@H](CCP(=C)(C)C)[C@@H](O)[C@H]1C.[B][C@@H]1C[C@H](CCP(=C)(C)C)[C@H]2OC(C)(C)O[C@H]21. The number of hydrogen-bond donors (Lipinski definition) is 1. The first-order valence-electron chi connectivity index (χ1n) is 11.9. The van der Waals surface area contributed by atoms with Gasteiger partial charge in [0.05, 0.1) is 34.0 Å². The molecule has 3 rings (SSSR count). The van der Waals surface area contributed by atoms with Gasteiger partial charge in [-0.25, -0.2) is 0 Å². The average Bonchev–Trinajstić information content (AvgIpc) is 3.16. The monoisotopic (exact) mass is 466 g/mol. The Bertz CT molecular complexity index is 686. The summed E-state index contributed by atoms with van der Waals surface area (Å²) in [5, 5.41) is 9.94. The number of ether oxygens (including phenoxy) is 2. The third kappa shape index (κ3) is 8.40. The Morgan fingerprint density at radius 1 is 0.871 bits per heavy atom. The molecule has 0 spiro atoms. The predicted molar refractivity (Wildman–Crippen MR) is 145 cm³/mol. The summed E-state index contributed by atoms with van der Waals surface area (Å²) in [5.41, 5.74) is 0. The number of hydrogen-bond acceptors (Lipinski definition) is 3. The van der Waals surface area contributed by atoms with Gasteiger partial charge in [0.2, 0.25) is 0 Å². The van der Waals surface area contributed by atoms with Gasteiger partial charge in [-0.2, -0.15) is 0 Å². The summed E-state index contributed by atoms with van der Waals surface area (Å²) in [5.74, 6) is 1.12. The highest BCUT2D eigenvalue weighted by Gasteiger charge is 2.51. The van der Waals surface area contributed by atoms with Crippen LogP contribution in [-0.4, -0.2) is 96.5 Å². The molecule has 7 heteroatoms. The fourth-order valence-electron chi connectivity index (χ4n) is 5.12. The fraction of sp³-hybridized carbons (Fsp3) is 0.917. The highest BCUT2D eigenvalue weighted by atomic mass is 31.2. The lowest BCUT2D eigenvalue weighted by molar-refractivity contribution is -0.156. The van der Waals surface area contributed by atoms with Gasteiger partial charge in [-0.15, -0.1) is 26.4 Å². The van der Waals surface area contributed by atoms with Crippen LogP contribution in [0.4, 0.5) is 0 Å². The van der Waals surface area contributed by atoms with Crippen molar-refractivity contribution >= 4 is 42.1 Å². The van der Waals surface area contributed by atoms with Crippen molar-refractivity contribution in [1.29, 1.82) is 0 Å². The van der Waals surface area contributed by atoms with Gasteiger partial charge < -0.3 is 14.6 Å². The summed E-state index contributed by atoms with van der Waals surface area (Å²) < 4.78 is 11.9. The highest BCUT2D eigenvalue weighted by Crippen LogP contribution is 2.49. The van der Waals surface area contributed by atoms with E-state index in [9.17, 15) is 5.11 Å². The van der Waals surface area contributed by atoms with Crippen LogP contribution in [0.3, 0.4) is 0 Å². The second kappa shape index (κ2) is 10.5. The molecule has 1 heterocycles. The van der Waals surface area contributed by atoms with Gasteiger partial charge in [0.15, 0.2) is 5.79 Å². The van der Waals surface area contributed by atoms with Gasteiger partial charge in [-0.05, 0) is 89.2 Å². The standard InChI is InChI=1S/C13H24BO2P.C11H22BOP/c1-13(2)15-11-9(6-7-17(3,4)5)8-10(14)12(11)16-13;1-8-10(12)7-9(11(8)13)5-6-14(2,3)4/h9-12H,3,6-8H2,1-2,4-5H3;8-11,13H,2,5-7H2,1,3-4H3/t9-,10+,11+,12-;8-,9-,10+,11-/m00/s1. The van der Waals surface area contributed by atoms with Crippen LogP contribution in [0.15, 0.2) is 0 Å². The molecule has 1 N–H and O–H groups in total. The van der Waals surface area contributed by atoms with Crippen LogP contribution in [0.5, 0.6) is 0 Å². The Balaban J connectivity index is 0.000000225. The molecule has 3 fully saturated rings. The molecular formula is C24H46B2O3P2. The fourth-order valence-corrected chi connectivity index (χ4v) is 7.18. The molecule has 31 heavy (non-hydrogen) atoms. The molecule has 3 nitrogen and oxygen atoms in total. The minimum atomic E-state index is -0.944. The number of fused-ring (bicyclic) bond motifs is 1. The van der Waals surface area contributed by atoms with E-state index in [1.807, 2.05) is 13.8 Å². The molecule has 0 amide bonds. The smallest absolute Gasteiger partial charge is 0.163 e. The summed E-state index contributed by atoms with van der Waals surface area (Å²) in [4.78, 5) is 0. The van der Waals surface area contributed by atoms with Crippen LogP contribution in [0.25, 0.3) is 0 Å². The van der Waals surface area contributed by atoms with E-state index < -0.39 is 19.6 Å². The lowest BCUT2D eigenvalue weighted by Gasteiger charge is -2.24. The Labute approximate surface area is 195 Å². The van der Waals surface area contributed by atoms with Crippen molar-refractivity contribution in [3.63, 3.8) is 0 Å². The van der Waals surface area contributed by atoms with Gasteiger partial charge >= 0.3 is 0 Å². The quantitative estimate of drug-likeness (QED) is 0.458. The molecular weight excluding hydrogens is 420 g/mol. The molecule has 0 aromatic heterocycles. The van der Waals surface area contributed by atoms with Crippen LogP contribution in [0.2, 0.25) is 11.6 Å². The van der Waals surface area contributed by atoms with Crippen molar-refractivity contribution in [2.24, 2.45) is 17.8 Å². The van der Waals surface area contributed by atoms with Crippen molar-refractivity contribution in [3.05, 3.63) is 0 Å². The lowest BCUT2D eigenvalue weighted by Crippen LogP contribution is -2.25. The number of aliphatic hydroxyl groups excluding tert-OH is 1. The van der Waals surface area contributed by atoms with Gasteiger partial charge in [-0.1, -0.05) is 25.6 Å². The summed E-state index contributed by atoms with van der Waals surface area (Å²) in [6.45, 7) is 13.2. The molecule has 0 aromatic rings. The normalized spacial score (nSPS) is 39.7. The minimum absolute atomic E-state index is 0.0984. The first kappa shape index (κ1) is 27.9. The largest absolute Gasteiger partial charge is 0.393 e. The maximum Gasteiger partial charge on any atom is 0.163 e. The molecule has 4 radical (unpaired) electrons. The molecule has 2 aliphatic carbocycles. The van der Waals surface area contributed by atoms with Gasteiger partial charge in [0.25, 0.3) is 0 Å². The van der Waals surface area contributed by atoms with Crippen molar-refractivity contribution in [2.75, 3.05) is 39.0 Å². The predicted octanol–water partition coefficient (Wildman–Crippen LogP) is 4.64. The van der Waals surface area contributed by atoms with Gasteiger partial charge in [0.1, 0.15) is 0 Å². The van der Waals surface area contributed by atoms with Crippen LogP contribution >= 0.6 is 13.8 Å². The summed E-state index contributed by atoms with van der Waals surface area (Å²) in [7, 11) is 12.1. The Kier molecular flexibility index (Phi) is 9.41. The van der Waals surface area contributed by atoms with Crippen molar-refractivity contribution < 1.29 is 14.6 Å². The van der Waals surface area contributed by atoms with Crippen LogP contribution in [0, 0.1) is 17.8 Å². The molecule has 8 atom stereocenters. The van der Waals surface area contributed by atoms with E-state index in [0.29, 0.717) is 11.8 Å². The number of rotatable bonds is 6. The van der Waals surface area contributed by atoms with Crippen LogP contribution in [-0.2, 0) is 9.47 Å². The van der Waals surface area contributed by atoms with E-state index in [0.717, 1.165) is 19.3 Å². The minimum Gasteiger partial charge on any atom is -0.393 e. The zero-order chi connectivity index (χ0) is 23.8. The number of aliphatic hydroxyl groups is 1. The summed E-state index contributed by atoms with van der Waals surface area (Å²) in [6.07, 6.45) is 15.3. The summed E-state index contributed by atoms with van der Waals surface area (Å²) >= 11 is 0. The molecule has 0 unspecified atom stereocenters.